The average Bonchev–Trinajstić information content (AvgIpc) is 2.45. The van der Waals surface area contributed by atoms with Crippen LogP contribution in [0.15, 0.2) is 41.7 Å². The average molecular weight is 362 g/mol. The van der Waals surface area contributed by atoms with Crippen LogP contribution in [0, 0.1) is 0 Å². The highest BCUT2D eigenvalue weighted by Gasteiger charge is 2.31. The van der Waals surface area contributed by atoms with Crippen molar-refractivity contribution < 1.29 is 19.4 Å². The molecule has 0 fully saturated rings. The van der Waals surface area contributed by atoms with Crippen LogP contribution in [0.4, 0.5) is 10.5 Å². The number of Topliss-reactive ketones (excluding diaryl/α,β-unsaturated/α-hetero) is 1. The highest BCUT2D eigenvalue weighted by atomic mass is 32.1. The SMILES string of the molecule is CC(C)(C)OC(=O)NC1CC(=O)C(C(=S)Nc2ccccc2)=C(O)C1. The van der Waals surface area contributed by atoms with Gasteiger partial charge in [0, 0.05) is 24.6 Å². The number of anilines is 1. The number of thiocarbonyl (C=S) groups is 1. The number of ketones is 1. The zero-order valence-corrected chi connectivity index (χ0v) is 15.3. The smallest absolute Gasteiger partial charge is 0.407 e. The minimum absolute atomic E-state index is 0.0508. The lowest BCUT2D eigenvalue weighted by molar-refractivity contribution is -0.116. The summed E-state index contributed by atoms with van der Waals surface area (Å²) in [5.74, 6) is -0.455. The molecule has 1 aromatic carbocycles. The third kappa shape index (κ3) is 5.56. The molecule has 0 bridgehead atoms. The summed E-state index contributed by atoms with van der Waals surface area (Å²) in [4.78, 5) is 24.4. The van der Waals surface area contributed by atoms with Gasteiger partial charge in [-0.25, -0.2) is 4.79 Å². The van der Waals surface area contributed by atoms with E-state index in [9.17, 15) is 14.7 Å². The van der Waals surface area contributed by atoms with Crippen molar-refractivity contribution in [1.82, 2.24) is 5.32 Å². The van der Waals surface area contributed by atoms with Crippen molar-refractivity contribution in [2.75, 3.05) is 5.32 Å². The molecule has 1 aliphatic rings. The molecule has 7 heteroatoms. The van der Waals surface area contributed by atoms with Crippen LogP contribution in [-0.4, -0.2) is 33.6 Å². The van der Waals surface area contributed by atoms with E-state index in [0.29, 0.717) is 0 Å². The van der Waals surface area contributed by atoms with E-state index < -0.39 is 17.7 Å². The number of hydrogen-bond acceptors (Lipinski definition) is 5. The van der Waals surface area contributed by atoms with Crippen LogP contribution in [0.5, 0.6) is 0 Å². The monoisotopic (exact) mass is 362 g/mol. The first kappa shape index (κ1) is 18.9. The van der Waals surface area contributed by atoms with Gasteiger partial charge in [-0.05, 0) is 32.9 Å². The van der Waals surface area contributed by atoms with E-state index in [1.54, 1.807) is 20.8 Å². The zero-order chi connectivity index (χ0) is 18.6. The first-order chi connectivity index (χ1) is 11.7. The number of para-hydroxylation sites is 1. The molecule has 0 aromatic heterocycles. The van der Waals surface area contributed by atoms with Crippen molar-refractivity contribution in [3.8, 4) is 0 Å². The highest BCUT2D eigenvalue weighted by Crippen LogP contribution is 2.23. The third-order valence-electron chi connectivity index (χ3n) is 3.42. The number of aliphatic hydroxyl groups excluding tert-OH is 1. The second-order valence-electron chi connectivity index (χ2n) is 6.82. The number of ether oxygens (including phenoxy) is 1. The maximum Gasteiger partial charge on any atom is 0.407 e. The fraction of sp³-hybridized carbons (Fsp3) is 0.389. The lowest BCUT2D eigenvalue weighted by atomic mass is 9.92. The van der Waals surface area contributed by atoms with E-state index in [0.717, 1.165) is 5.69 Å². The summed E-state index contributed by atoms with van der Waals surface area (Å²) >= 11 is 5.25. The van der Waals surface area contributed by atoms with Crippen LogP contribution in [-0.2, 0) is 9.53 Å². The van der Waals surface area contributed by atoms with E-state index in [4.69, 9.17) is 17.0 Å². The Hall–Kier alpha value is -2.41. The van der Waals surface area contributed by atoms with Crippen molar-refractivity contribution in [3.05, 3.63) is 41.7 Å². The van der Waals surface area contributed by atoms with Gasteiger partial charge in [0.25, 0.3) is 0 Å². The number of nitrogens with one attached hydrogen (secondary N) is 2. The summed E-state index contributed by atoms with van der Waals surface area (Å²) in [5, 5.41) is 15.8. The topological polar surface area (TPSA) is 87.7 Å². The Bertz CT molecular complexity index is 708. The first-order valence-corrected chi connectivity index (χ1v) is 8.38. The Kier molecular flexibility index (Phi) is 5.79. The van der Waals surface area contributed by atoms with Gasteiger partial charge in [0.15, 0.2) is 5.78 Å². The zero-order valence-electron chi connectivity index (χ0n) is 14.5. The molecule has 2 rings (SSSR count). The van der Waals surface area contributed by atoms with Crippen LogP contribution in [0.25, 0.3) is 0 Å². The van der Waals surface area contributed by atoms with Crippen molar-refractivity contribution in [2.24, 2.45) is 0 Å². The summed E-state index contributed by atoms with van der Waals surface area (Å²) in [5.41, 5.74) is 0.197. The number of aliphatic hydroxyl groups is 1. The van der Waals surface area contributed by atoms with E-state index in [1.165, 1.54) is 0 Å². The minimum atomic E-state index is -0.632. The quantitative estimate of drug-likeness (QED) is 0.714. The number of alkyl carbamates (subject to hydrolysis) is 1. The molecule has 6 nitrogen and oxygen atoms in total. The summed E-state index contributed by atoms with van der Waals surface area (Å²) in [6.45, 7) is 5.26. The Morgan fingerprint density at radius 1 is 1.24 bits per heavy atom. The number of benzene rings is 1. The molecule has 1 atom stereocenters. The van der Waals surface area contributed by atoms with E-state index >= 15 is 0 Å². The van der Waals surface area contributed by atoms with Crippen LogP contribution < -0.4 is 10.6 Å². The molecule has 1 aliphatic carbocycles. The molecule has 0 saturated carbocycles. The van der Waals surface area contributed by atoms with Crippen molar-refractivity contribution in [3.63, 3.8) is 0 Å². The second kappa shape index (κ2) is 7.65. The molecule has 134 valence electrons. The van der Waals surface area contributed by atoms with Crippen LogP contribution in [0.2, 0.25) is 0 Å². The molecule has 1 unspecified atom stereocenters. The number of rotatable bonds is 3. The van der Waals surface area contributed by atoms with Crippen molar-refractivity contribution >= 4 is 34.8 Å². The van der Waals surface area contributed by atoms with Gasteiger partial charge in [-0.15, -0.1) is 0 Å². The molecule has 3 N–H and O–H groups in total. The van der Waals surface area contributed by atoms with Gasteiger partial charge in [0.1, 0.15) is 16.3 Å². The maximum atomic E-state index is 12.4. The van der Waals surface area contributed by atoms with Crippen molar-refractivity contribution in [1.29, 1.82) is 0 Å². The Balaban J connectivity index is 2.03. The fourth-order valence-corrected chi connectivity index (χ4v) is 2.79. The van der Waals surface area contributed by atoms with Crippen LogP contribution >= 0.6 is 12.2 Å². The predicted octanol–water partition coefficient (Wildman–Crippen LogP) is 3.49. The Labute approximate surface area is 152 Å². The largest absolute Gasteiger partial charge is 0.511 e. The lowest BCUT2D eigenvalue weighted by Crippen LogP contribution is -2.43. The Morgan fingerprint density at radius 3 is 2.44 bits per heavy atom. The van der Waals surface area contributed by atoms with Gasteiger partial charge in [-0.2, -0.15) is 0 Å². The molecule has 1 aromatic rings. The van der Waals surface area contributed by atoms with Crippen LogP contribution in [0.1, 0.15) is 33.6 Å². The molecule has 0 heterocycles. The van der Waals surface area contributed by atoms with E-state index in [-0.39, 0.29) is 34.9 Å². The third-order valence-corrected chi connectivity index (χ3v) is 3.72. The molecule has 0 saturated heterocycles. The standard InChI is InChI=1S/C18H22N2O4S/c1-18(2,3)24-17(23)20-12-9-13(21)15(14(22)10-12)16(25)19-11-7-5-4-6-8-11/h4-8,12,21H,9-10H2,1-3H3,(H,19,25)(H,20,23). The van der Waals surface area contributed by atoms with E-state index in [1.807, 2.05) is 30.3 Å². The predicted molar refractivity (Wildman–Crippen MR) is 99.7 cm³/mol. The van der Waals surface area contributed by atoms with Gasteiger partial charge in [0.05, 0.1) is 5.57 Å². The number of carbonyl (C=O) groups excluding carboxylic acids is 2. The fourth-order valence-electron chi connectivity index (χ4n) is 2.44. The van der Waals surface area contributed by atoms with Crippen LogP contribution in [0.3, 0.4) is 0 Å². The Morgan fingerprint density at radius 2 is 1.88 bits per heavy atom. The van der Waals surface area contributed by atoms with E-state index in [2.05, 4.69) is 10.6 Å². The number of hydrogen-bond donors (Lipinski definition) is 3. The van der Waals surface area contributed by atoms with Gasteiger partial charge in [-0.3, -0.25) is 4.79 Å². The van der Waals surface area contributed by atoms with Crippen molar-refractivity contribution in [2.45, 2.75) is 45.3 Å². The normalized spacial score (nSPS) is 17.9. The lowest BCUT2D eigenvalue weighted by Gasteiger charge is -2.26. The molecule has 0 aliphatic heterocycles. The number of carbonyl (C=O) groups is 2. The molecular weight excluding hydrogens is 340 g/mol. The number of amides is 1. The minimum Gasteiger partial charge on any atom is -0.511 e. The highest BCUT2D eigenvalue weighted by molar-refractivity contribution is 7.81. The molecule has 0 radical (unpaired) electrons. The summed E-state index contributed by atoms with van der Waals surface area (Å²) in [6.07, 6.45) is -0.446. The molecule has 1 amide bonds. The molecule has 25 heavy (non-hydrogen) atoms. The summed E-state index contributed by atoms with van der Waals surface area (Å²) in [6, 6.07) is 8.63. The summed E-state index contributed by atoms with van der Waals surface area (Å²) in [7, 11) is 0. The molecular formula is C18H22N2O4S. The van der Waals surface area contributed by atoms with Gasteiger partial charge in [-0.1, -0.05) is 30.4 Å². The first-order valence-electron chi connectivity index (χ1n) is 7.97. The molecule has 0 spiro atoms. The van der Waals surface area contributed by atoms with Gasteiger partial charge in [0.2, 0.25) is 0 Å². The maximum absolute atomic E-state index is 12.4. The summed E-state index contributed by atoms with van der Waals surface area (Å²) < 4.78 is 5.17. The van der Waals surface area contributed by atoms with Gasteiger partial charge >= 0.3 is 6.09 Å². The second-order valence-corrected chi connectivity index (χ2v) is 7.22. The van der Waals surface area contributed by atoms with Gasteiger partial charge < -0.3 is 20.5 Å².